The number of benzene rings is 2. The van der Waals surface area contributed by atoms with Crippen LogP contribution < -0.4 is 24.7 Å². The molecule has 0 bridgehead atoms. The average Bonchev–Trinajstić information content (AvgIpc) is 2.91. The summed E-state index contributed by atoms with van der Waals surface area (Å²) < 4.78 is 28.6. The molecule has 12 heteroatoms. The van der Waals surface area contributed by atoms with E-state index in [2.05, 4.69) is 0 Å². The molecule has 3 aromatic rings. The summed E-state index contributed by atoms with van der Waals surface area (Å²) in [6.07, 6.45) is 0. The number of aliphatic hydroxyl groups excluding tert-OH is 1. The Kier molecular flexibility index (Phi) is 6.44. The lowest BCUT2D eigenvalue weighted by Gasteiger charge is -2.64. The summed E-state index contributed by atoms with van der Waals surface area (Å²) in [6.45, 7) is 6.18. The largest absolute Gasteiger partial charge is 0.542 e. The van der Waals surface area contributed by atoms with Gasteiger partial charge >= 0.3 is 0 Å². The molecule has 4 N–H and O–H groups in total. The van der Waals surface area contributed by atoms with Gasteiger partial charge in [-0.25, -0.2) is 0 Å². The maximum Gasteiger partial charge on any atom is 0.240 e. The van der Waals surface area contributed by atoms with Crippen molar-refractivity contribution in [2.45, 2.75) is 62.8 Å². The predicted molar refractivity (Wildman–Crippen MR) is 141 cm³/mol. The first-order chi connectivity index (χ1) is 19.0. The van der Waals surface area contributed by atoms with Crippen molar-refractivity contribution in [1.82, 2.24) is 0 Å². The van der Waals surface area contributed by atoms with Crippen LogP contribution in [0.25, 0.3) is 22.1 Å². The highest BCUT2D eigenvalue weighted by Gasteiger charge is 2.75. The fraction of sp³-hybridized carbons (Fsp3) is 0.448. The highest BCUT2D eigenvalue weighted by Crippen LogP contribution is 2.53. The lowest BCUT2D eigenvalue weighted by atomic mass is 9.61. The van der Waals surface area contributed by atoms with E-state index in [4.69, 9.17) is 23.4 Å². The molecular weight excluding hydrogens is 540 g/mol. The van der Waals surface area contributed by atoms with Gasteiger partial charge in [0.25, 0.3) is 0 Å². The Hall–Kier alpha value is -3.68. The zero-order valence-electron chi connectivity index (χ0n) is 23.1. The Morgan fingerprint density at radius 1 is 0.927 bits per heavy atom. The van der Waals surface area contributed by atoms with Gasteiger partial charge in [-0.1, -0.05) is 6.07 Å². The molecule has 0 radical (unpaired) electrons. The summed E-state index contributed by atoms with van der Waals surface area (Å²) >= 11 is 0. The molecule has 5 rings (SSSR count). The second kappa shape index (κ2) is 9.16. The first kappa shape index (κ1) is 28.8. The van der Waals surface area contributed by atoms with Crippen molar-refractivity contribution in [3.63, 3.8) is 0 Å². The number of fused-ring (bicyclic) bond motifs is 2. The van der Waals surface area contributed by atoms with Crippen molar-refractivity contribution in [2.75, 3.05) is 19.8 Å². The number of hydrogen-bond acceptors (Lipinski definition) is 12. The highest BCUT2D eigenvalue weighted by molar-refractivity contribution is 5.96. The first-order valence-corrected chi connectivity index (χ1v) is 12.9. The van der Waals surface area contributed by atoms with E-state index in [1.807, 2.05) is 0 Å². The molecule has 0 aliphatic carbocycles. The number of ether oxygens (including phenoxy) is 4. The lowest BCUT2D eigenvalue weighted by Crippen LogP contribution is -2.85. The lowest BCUT2D eigenvalue weighted by molar-refractivity contribution is -0.441. The maximum atomic E-state index is 13.6. The smallest absolute Gasteiger partial charge is 0.240 e. The van der Waals surface area contributed by atoms with Gasteiger partial charge in [0.15, 0.2) is 22.9 Å². The number of carbonyl (C=O) groups excluding carboxylic acids is 1. The Bertz CT molecular complexity index is 1600. The molecule has 5 atom stereocenters. The summed E-state index contributed by atoms with van der Waals surface area (Å²) in [5.74, 6) is -3.78. The van der Waals surface area contributed by atoms with E-state index >= 15 is 0 Å². The molecule has 12 nitrogen and oxygen atoms in total. The molecule has 0 spiro atoms. The first-order valence-electron chi connectivity index (χ1n) is 12.9. The number of carboxylic acids is 1. The van der Waals surface area contributed by atoms with E-state index in [0.29, 0.717) is 24.7 Å². The van der Waals surface area contributed by atoms with Crippen LogP contribution in [0.4, 0.5) is 0 Å². The Morgan fingerprint density at radius 2 is 1.59 bits per heavy atom. The van der Waals surface area contributed by atoms with Crippen molar-refractivity contribution in [2.24, 2.45) is 0 Å². The van der Waals surface area contributed by atoms with Crippen LogP contribution in [-0.4, -0.2) is 74.4 Å². The van der Waals surface area contributed by atoms with Gasteiger partial charge in [-0.3, -0.25) is 4.79 Å². The minimum atomic E-state index is -2.27. The topological polar surface area (TPSA) is 188 Å². The van der Waals surface area contributed by atoms with E-state index in [-0.39, 0.29) is 27.8 Å². The zero-order valence-corrected chi connectivity index (χ0v) is 23.1. The number of carbonyl (C=O) groups is 1. The van der Waals surface area contributed by atoms with Crippen molar-refractivity contribution in [1.29, 1.82) is 0 Å². The van der Waals surface area contributed by atoms with Crippen LogP contribution >= 0.6 is 0 Å². The van der Waals surface area contributed by atoms with Crippen LogP contribution in [0.15, 0.2) is 45.6 Å². The molecular formula is C29H31O12-. The third kappa shape index (κ3) is 4.01. The second-order valence-electron chi connectivity index (χ2n) is 11.2. The zero-order chi connectivity index (χ0) is 30.2. The van der Waals surface area contributed by atoms with Crippen LogP contribution in [0.3, 0.4) is 0 Å². The van der Waals surface area contributed by atoms with E-state index in [9.17, 15) is 35.1 Å². The van der Waals surface area contributed by atoms with Crippen molar-refractivity contribution in [3.8, 4) is 28.4 Å². The second-order valence-corrected chi connectivity index (χ2v) is 11.2. The monoisotopic (exact) mass is 571 g/mol. The average molecular weight is 572 g/mol. The van der Waals surface area contributed by atoms with E-state index in [1.54, 1.807) is 6.07 Å². The van der Waals surface area contributed by atoms with E-state index in [1.165, 1.54) is 65.0 Å². The summed E-state index contributed by atoms with van der Waals surface area (Å²) in [7, 11) is 0. The minimum absolute atomic E-state index is 0.0174. The summed E-state index contributed by atoms with van der Waals surface area (Å²) in [5.41, 5.74) is -9.32. The van der Waals surface area contributed by atoms with Crippen LogP contribution in [0.2, 0.25) is 0 Å². The molecule has 41 heavy (non-hydrogen) atoms. The summed E-state index contributed by atoms with van der Waals surface area (Å²) in [4.78, 5) is 25.6. The minimum Gasteiger partial charge on any atom is -0.542 e. The molecule has 1 fully saturated rings. The molecule has 0 unspecified atom stereocenters. The Morgan fingerprint density at radius 3 is 2.22 bits per heavy atom. The van der Waals surface area contributed by atoms with Gasteiger partial charge in [0.1, 0.15) is 47.3 Å². The van der Waals surface area contributed by atoms with Crippen LogP contribution in [0.1, 0.15) is 45.2 Å². The van der Waals surface area contributed by atoms with E-state index < -0.39 is 52.0 Å². The van der Waals surface area contributed by atoms with Crippen LogP contribution in [0.5, 0.6) is 17.2 Å². The third-order valence-corrected chi connectivity index (χ3v) is 8.72. The molecule has 2 aliphatic rings. The number of aliphatic hydroxyl groups is 4. The number of aromatic carboxylic acids is 1. The molecule has 0 saturated carbocycles. The van der Waals surface area contributed by atoms with Crippen molar-refractivity contribution >= 4 is 16.9 Å². The SMILES string of the molecule is C[C@@]1(Oc2ccc3c(=O)c(-c4ccc5c(c4)OCCO5)c(C(=O)[O-])oc3c2)O[C@](C)(CO)[C@@](C)(O)[C@](C)(O)[C@@]1(C)O. The molecule has 1 aromatic heterocycles. The van der Waals surface area contributed by atoms with Gasteiger partial charge in [-0.15, -0.1) is 0 Å². The van der Waals surface area contributed by atoms with Gasteiger partial charge in [0.05, 0.1) is 17.6 Å². The Balaban J connectivity index is 1.60. The molecule has 1 saturated heterocycles. The number of hydrogen-bond donors (Lipinski definition) is 4. The summed E-state index contributed by atoms with van der Waals surface area (Å²) in [6, 6.07) is 8.49. The molecule has 3 heterocycles. The predicted octanol–water partition coefficient (Wildman–Crippen LogP) is 0.724. The fourth-order valence-corrected chi connectivity index (χ4v) is 5.43. The normalized spacial score (nSPS) is 33.0. The van der Waals surface area contributed by atoms with Crippen LogP contribution in [0, 0.1) is 0 Å². The van der Waals surface area contributed by atoms with Gasteiger partial charge in [-0.2, -0.15) is 0 Å². The standard InChI is InChI=1S/C29H32O12/c1-25(14-30)26(2,34)27(3,35)28(4,36)29(5,41-25)40-16-7-8-17-19(13-16)39-23(24(32)33)21(22(17)31)15-6-9-18-20(12-15)38-11-10-37-18/h6-9,12-13,30,34-36H,10-11,14H2,1-5H3,(H,32,33)/p-1/t25-,26-,27+,28-,29-/m1/s1. The molecule has 220 valence electrons. The summed E-state index contributed by atoms with van der Waals surface area (Å²) in [5, 5.41) is 56.1. The molecule has 2 aliphatic heterocycles. The van der Waals surface area contributed by atoms with E-state index in [0.717, 1.165) is 0 Å². The van der Waals surface area contributed by atoms with Gasteiger partial charge in [0, 0.05) is 13.0 Å². The maximum absolute atomic E-state index is 13.6. The highest BCUT2D eigenvalue weighted by atomic mass is 16.7. The number of rotatable bonds is 5. The molecule has 2 aromatic carbocycles. The van der Waals surface area contributed by atoms with Crippen LogP contribution in [-0.2, 0) is 4.74 Å². The van der Waals surface area contributed by atoms with Gasteiger partial charge in [-0.05, 0) is 57.5 Å². The third-order valence-electron chi connectivity index (χ3n) is 8.72. The van der Waals surface area contributed by atoms with Crippen molar-refractivity contribution < 1.29 is 53.7 Å². The van der Waals surface area contributed by atoms with Gasteiger partial charge < -0.3 is 53.7 Å². The molecule has 0 amide bonds. The van der Waals surface area contributed by atoms with Gasteiger partial charge in [0.2, 0.25) is 11.2 Å². The van der Waals surface area contributed by atoms with Crippen molar-refractivity contribution in [3.05, 3.63) is 52.4 Å². The number of carboxylic acid groups (broad SMARTS) is 1. The quantitative estimate of drug-likeness (QED) is 0.337. The Labute approximate surface area is 234 Å². The fourth-order valence-electron chi connectivity index (χ4n) is 5.43.